The molecule has 2 aromatic rings. The summed E-state index contributed by atoms with van der Waals surface area (Å²) < 4.78 is 12.2. The Kier molecular flexibility index (Phi) is 10.7. The number of halogens is 3. The summed E-state index contributed by atoms with van der Waals surface area (Å²) in [6, 6.07) is 7.28. The Morgan fingerprint density at radius 3 is 2.41 bits per heavy atom. The molecule has 10 heteroatoms. The van der Waals surface area contributed by atoms with E-state index in [-0.39, 0.29) is 17.0 Å². The summed E-state index contributed by atoms with van der Waals surface area (Å²) in [6.07, 6.45) is 1.46. The predicted octanol–water partition coefficient (Wildman–Crippen LogP) is 5.85. The molecule has 2 N–H and O–H groups in total. The Balaban J connectivity index is 2.12. The first-order chi connectivity index (χ1) is 16.0. The number of hydrogen-bond acceptors (Lipinski definition) is 5. The summed E-state index contributed by atoms with van der Waals surface area (Å²) in [6.45, 7) is 9.85. The highest BCUT2D eigenvalue weighted by atomic mass is 79.9. The van der Waals surface area contributed by atoms with Crippen LogP contribution in [0.1, 0.15) is 50.5 Å². The second-order valence-electron chi connectivity index (χ2n) is 7.99. The number of nitrogens with one attached hydrogen (secondary N) is 2. The van der Waals surface area contributed by atoms with Gasteiger partial charge in [0.1, 0.15) is 6.04 Å². The van der Waals surface area contributed by atoms with E-state index >= 15 is 0 Å². The SMILES string of the molecule is CCOc1cc(C=NNC(=O)C(NC(=O)c2ccc(Cl)c(Cl)c2)C(C)C)cc(Br)c1OC(C)C. The number of carbonyl (C=O) groups excluding carboxylic acids is 2. The van der Waals surface area contributed by atoms with Gasteiger partial charge in [-0.05, 0) is 78.5 Å². The molecule has 34 heavy (non-hydrogen) atoms. The number of rotatable bonds is 10. The second kappa shape index (κ2) is 13.0. The molecule has 2 amide bonds. The molecule has 0 spiro atoms. The number of nitrogens with zero attached hydrogens (tertiary/aromatic N) is 1. The van der Waals surface area contributed by atoms with Gasteiger partial charge in [-0.3, -0.25) is 9.59 Å². The molecular formula is C24H28BrCl2N3O4. The molecule has 1 unspecified atom stereocenters. The molecule has 1 atom stereocenters. The quantitative estimate of drug-likeness (QED) is 0.276. The van der Waals surface area contributed by atoms with Crippen molar-refractivity contribution in [1.82, 2.24) is 10.7 Å². The minimum absolute atomic E-state index is 0.0265. The molecule has 0 aromatic heterocycles. The number of benzene rings is 2. The lowest BCUT2D eigenvalue weighted by Gasteiger charge is -2.20. The van der Waals surface area contributed by atoms with Gasteiger partial charge in [-0.1, -0.05) is 37.0 Å². The molecule has 0 aliphatic heterocycles. The van der Waals surface area contributed by atoms with Crippen LogP contribution >= 0.6 is 39.1 Å². The summed E-state index contributed by atoms with van der Waals surface area (Å²) >= 11 is 15.4. The summed E-state index contributed by atoms with van der Waals surface area (Å²) in [4.78, 5) is 25.3. The van der Waals surface area contributed by atoms with Gasteiger partial charge in [0, 0.05) is 5.56 Å². The molecule has 2 rings (SSSR count). The number of carbonyl (C=O) groups is 2. The van der Waals surface area contributed by atoms with Crippen molar-refractivity contribution in [3.8, 4) is 11.5 Å². The first kappa shape index (κ1) is 28.0. The lowest BCUT2D eigenvalue weighted by molar-refractivity contribution is -0.123. The Bertz CT molecular complexity index is 1060. The maximum atomic E-state index is 12.7. The minimum atomic E-state index is -0.813. The van der Waals surface area contributed by atoms with Crippen molar-refractivity contribution >= 4 is 57.2 Å². The molecule has 0 aliphatic carbocycles. The fourth-order valence-electron chi connectivity index (χ4n) is 2.91. The average molecular weight is 573 g/mol. The third-order valence-electron chi connectivity index (χ3n) is 4.49. The van der Waals surface area contributed by atoms with Crippen molar-refractivity contribution in [3.05, 3.63) is 56.0 Å². The normalized spacial score (nSPS) is 12.2. The molecule has 2 aromatic carbocycles. The summed E-state index contributed by atoms with van der Waals surface area (Å²) in [5.74, 6) is 0.0780. The van der Waals surface area contributed by atoms with Crippen molar-refractivity contribution < 1.29 is 19.1 Å². The van der Waals surface area contributed by atoms with Crippen LogP contribution < -0.4 is 20.2 Å². The van der Waals surface area contributed by atoms with E-state index in [0.29, 0.717) is 38.7 Å². The van der Waals surface area contributed by atoms with Crippen LogP contribution in [0.15, 0.2) is 39.9 Å². The zero-order chi connectivity index (χ0) is 25.4. The van der Waals surface area contributed by atoms with Gasteiger partial charge < -0.3 is 14.8 Å². The Morgan fingerprint density at radius 1 is 1.12 bits per heavy atom. The van der Waals surface area contributed by atoms with Crippen LogP contribution in [0.2, 0.25) is 10.0 Å². The highest BCUT2D eigenvalue weighted by Gasteiger charge is 2.25. The van der Waals surface area contributed by atoms with Crippen molar-refractivity contribution in [2.75, 3.05) is 6.61 Å². The standard InChI is InChI=1S/C24H28BrCl2N3O4/c1-6-33-20-10-15(9-17(25)22(20)34-14(4)5)12-28-30-24(32)21(13(2)3)29-23(31)16-7-8-18(26)19(27)11-16/h7-14,21H,6H2,1-5H3,(H,29,31)(H,30,32). The third-order valence-corrected chi connectivity index (χ3v) is 5.82. The van der Waals surface area contributed by atoms with Crippen molar-refractivity contribution in [1.29, 1.82) is 0 Å². The average Bonchev–Trinajstić information content (AvgIpc) is 2.75. The van der Waals surface area contributed by atoms with Gasteiger partial charge >= 0.3 is 0 Å². The molecule has 0 saturated heterocycles. The van der Waals surface area contributed by atoms with Crippen LogP contribution in [0, 0.1) is 5.92 Å². The van der Waals surface area contributed by atoms with E-state index in [1.807, 2.05) is 40.7 Å². The van der Waals surface area contributed by atoms with Crippen LogP contribution in [-0.4, -0.2) is 36.8 Å². The Labute approximate surface area is 218 Å². The van der Waals surface area contributed by atoms with E-state index in [1.165, 1.54) is 24.4 Å². The molecular weight excluding hydrogens is 545 g/mol. The largest absolute Gasteiger partial charge is 0.490 e. The summed E-state index contributed by atoms with van der Waals surface area (Å²) in [5, 5.41) is 7.37. The highest BCUT2D eigenvalue weighted by Crippen LogP contribution is 2.37. The van der Waals surface area contributed by atoms with Crippen molar-refractivity contribution in [2.24, 2.45) is 11.0 Å². The molecule has 0 fully saturated rings. The first-order valence-electron chi connectivity index (χ1n) is 10.7. The maximum Gasteiger partial charge on any atom is 0.262 e. The minimum Gasteiger partial charge on any atom is -0.490 e. The van der Waals surface area contributed by atoms with Crippen LogP contribution in [0.3, 0.4) is 0 Å². The van der Waals surface area contributed by atoms with Gasteiger partial charge in [-0.2, -0.15) is 5.10 Å². The zero-order valence-electron chi connectivity index (χ0n) is 19.6. The molecule has 0 saturated carbocycles. The number of hydrogen-bond donors (Lipinski definition) is 2. The number of amides is 2. The topological polar surface area (TPSA) is 89.0 Å². The van der Waals surface area contributed by atoms with Gasteiger partial charge in [-0.15, -0.1) is 0 Å². The van der Waals surface area contributed by atoms with E-state index in [4.69, 9.17) is 32.7 Å². The Hall–Kier alpha value is -2.29. The molecule has 0 aliphatic rings. The summed E-state index contributed by atoms with van der Waals surface area (Å²) in [5.41, 5.74) is 3.48. The smallest absolute Gasteiger partial charge is 0.262 e. The van der Waals surface area contributed by atoms with E-state index < -0.39 is 17.9 Å². The van der Waals surface area contributed by atoms with Gasteiger partial charge in [0.05, 0.1) is 33.4 Å². The lowest BCUT2D eigenvalue weighted by Crippen LogP contribution is -2.48. The van der Waals surface area contributed by atoms with Gasteiger partial charge in [-0.25, -0.2) is 5.43 Å². The van der Waals surface area contributed by atoms with Crippen LogP contribution in [0.4, 0.5) is 0 Å². The van der Waals surface area contributed by atoms with E-state index in [0.717, 1.165) is 0 Å². The zero-order valence-corrected chi connectivity index (χ0v) is 22.7. The van der Waals surface area contributed by atoms with Crippen LogP contribution in [0.5, 0.6) is 11.5 Å². The monoisotopic (exact) mass is 571 g/mol. The third kappa shape index (κ3) is 7.89. The van der Waals surface area contributed by atoms with E-state index in [1.54, 1.807) is 6.07 Å². The van der Waals surface area contributed by atoms with Crippen molar-refractivity contribution in [3.63, 3.8) is 0 Å². The van der Waals surface area contributed by atoms with E-state index in [9.17, 15) is 9.59 Å². The number of ether oxygens (including phenoxy) is 2. The molecule has 0 radical (unpaired) electrons. The van der Waals surface area contributed by atoms with Crippen LogP contribution in [0.25, 0.3) is 0 Å². The second-order valence-corrected chi connectivity index (χ2v) is 9.66. The molecule has 7 nitrogen and oxygen atoms in total. The molecule has 0 bridgehead atoms. The fourth-order valence-corrected chi connectivity index (χ4v) is 3.76. The Morgan fingerprint density at radius 2 is 1.82 bits per heavy atom. The number of hydrazone groups is 1. The maximum absolute atomic E-state index is 12.7. The fraction of sp³-hybridized carbons (Fsp3) is 0.375. The predicted molar refractivity (Wildman–Crippen MR) is 139 cm³/mol. The van der Waals surface area contributed by atoms with Gasteiger partial charge in [0.2, 0.25) is 0 Å². The van der Waals surface area contributed by atoms with Crippen LogP contribution in [-0.2, 0) is 4.79 Å². The summed E-state index contributed by atoms with van der Waals surface area (Å²) in [7, 11) is 0. The van der Waals surface area contributed by atoms with Gasteiger partial charge in [0.15, 0.2) is 11.5 Å². The molecule has 184 valence electrons. The highest BCUT2D eigenvalue weighted by molar-refractivity contribution is 9.10. The first-order valence-corrected chi connectivity index (χ1v) is 12.3. The molecule has 0 heterocycles. The lowest BCUT2D eigenvalue weighted by atomic mass is 10.0. The van der Waals surface area contributed by atoms with Crippen molar-refractivity contribution in [2.45, 2.75) is 46.8 Å². The van der Waals surface area contributed by atoms with Gasteiger partial charge in [0.25, 0.3) is 11.8 Å². The van der Waals surface area contributed by atoms with E-state index in [2.05, 4.69) is 31.8 Å².